The van der Waals surface area contributed by atoms with Crippen LogP contribution in [0.25, 0.3) is 0 Å². The molecule has 2 N–H and O–H groups in total. The van der Waals surface area contributed by atoms with Crippen molar-refractivity contribution in [3.63, 3.8) is 0 Å². The molecule has 1 unspecified atom stereocenters. The second kappa shape index (κ2) is 4.23. The van der Waals surface area contributed by atoms with Crippen LogP contribution in [0.3, 0.4) is 0 Å². The first-order valence-electron chi connectivity index (χ1n) is 4.27. The fourth-order valence-corrected chi connectivity index (χ4v) is 1.42. The molecule has 1 aliphatic rings. The maximum absolute atomic E-state index is 11.2. The van der Waals surface area contributed by atoms with Gasteiger partial charge in [0.05, 0.1) is 6.10 Å². The van der Waals surface area contributed by atoms with E-state index in [2.05, 4.69) is 0 Å². The number of carbonyl (C=O) groups is 2. The van der Waals surface area contributed by atoms with Crippen LogP contribution in [-0.2, 0) is 9.59 Å². The Kier molecular flexibility index (Phi) is 3.25. The molecule has 0 aromatic heterocycles. The molecular formula is C8H13NO4. The molecule has 0 bridgehead atoms. The van der Waals surface area contributed by atoms with Gasteiger partial charge in [0, 0.05) is 13.1 Å². The first-order chi connectivity index (χ1) is 6.09. The number of carboxylic acids is 1. The molecule has 0 saturated carbocycles. The number of carbonyl (C=O) groups excluding carboxylic acids is 1. The number of β-amino-alcohol motifs (C(OH)–C–C–N with tert-alkyl or cyclic N) is 1. The lowest BCUT2D eigenvalue weighted by atomic mass is 10.1. The predicted molar refractivity (Wildman–Crippen MR) is 44.1 cm³/mol. The highest BCUT2D eigenvalue weighted by Gasteiger charge is 2.23. The van der Waals surface area contributed by atoms with Gasteiger partial charge in [-0.3, -0.25) is 9.59 Å². The zero-order chi connectivity index (χ0) is 9.84. The van der Waals surface area contributed by atoms with Crippen LogP contribution in [0.4, 0.5) is 0 Å². The summed E-state index contributed by atoms with van der Waals surface area (Å²) < 4.78 is 0. The first-order valence-corrected chi connectivity index (χ1v) is 4.27. The Morgan fingerprint density at radius 3 is 2.69 bits per heavy atom. The number of hydrogen-bond donors (Lipinski definition) is 2. The molecule has 0 aromatic carbocycles. The third-order valence-electron chi connectivity index (χ3n) is 2.05. The summed E-state index contributed by atoms with van der Waals surface area (Å²) in [5, 5.41) is 17.6. The maximum atomic E-state index is 11.2. The number of piperidine rings is 1. The molecule has 5 heteroatoms. The van der Waals surface area contributed by atoms with E-state index in [1.807, 2.05) is 0 Å². The van der Waals surface area contributed by atoms with E-state index >= 15 is 0 Å². The normalized spacial score (nSPS) is 22.8. The van der Waals surface area contributed by atoms with Gasteiger partial charge in [-0.05, 0) is 12.8 Å². The lowest BCUT2D eigenvalue weighted by Crippen LogP contribution is -2.42. The maximum Gasteiger partial charge on any atom is 0.312 e. The molecule has 74 valence electrons. The molecule has 1 amide bonds. The van der Waals surface area contributed by atoms with Crippen LogP contribution >= 0.6 is 0 Å². The Morgan fingerprint density at radius 2 is 2.15 bits per heavy atom. The quantitative estimate of drug-likeness (QED) is 0.568. The lowest BCUT2D eigenvalue weighted by molar-refractivity contribution is -0.145. The van der Waals surface area contributed by atoms with Crippen molar-refractivity contribution in [3.8, 4) is 0 Å². The monoisotopic (exact) mass is 187 g/mol. The third-order valence-corrected chi connectivity index (χ3v) is 2.05. The van der Waals surface area contributed by atoms with E-state index in [4.69, 9.17) is 5.11 Å². The van der Waals surface area contributed by atoms with Crippen LogP contribution in [0.1, 0.15) is 19.3 Å². The van der Waals surface area contributed by atoms with Crippen LogP contribution < -0.4 is 0 Å². The Balaban J connectivity index is 2.41. The minimum atomic E-state index is -1.12. The molecule has 1 heterocycles. The molecule has 1 atom stereocenters. The number of likely N-dealkylation sites (tertiary alicyclic amines) is 1. The summed E-state index contributed by atoms with van der Waals surface area (Å²) in [6.45, 7) is 0.829. The minimum Gasteiger partial charge on any atom is -0.481 e. The van der Waals surface area contributed by atoms with Gasteiger partial charge >= 0.3 is 5.97 Å². The van der Waals surface area contributed by atoms with Crippen LogP contribution in [-0.4, -0.2) is 46.2 Å². The summed E-state index contributed by atoms with van der Waals surface area (Å²) >= 11 is 0. The number of aliphatic hydroxyl groups is 1. The zero-order valence-corrected chi connectivity index (χ0v) is 7.27. The second-order valence-corrected chi connectivity index (χ2v) is 3.21. The number of hydrogen-bond acceptors (Lipinski definition) is 3. The number of nitrogens with zero attached hydrogens (tertiary/aromatic N) is 1. The molecule has 5 nitrogen and oxygen atoms in total. The molecule has 0 aliphatic carbocycles. The molecule has 0 radical (unpaired) electrons. The van der Waals surface area contributed by atoms with Gasteiger partial charge in [-0.2, -0.15) is 0 Å². The minimum absolute atomic E-state index is 0.270. The number of amides is 1. The van der Waals surface area contributed by atoms with E-state index in [0.717, 1.165) is 6.42 Å². The molecular weight excluding hydrogens is 174 g/mol. The van der Waals surface area contributed by atoms with Gasteiger partial charge in [0.25, 0.3) is 0 Å². The van der Waals surface area contributed by atoms with Gasteiger partial charge < -0.3 is 15.1 Å². The van der Waals surface area contributed by atoms with Gasteiger partial charge in [0.2, 0.25) is 5.91 Å². The van der Waals surface area contributed by atoms with Crippen molar-refractivity contribution in [1.82, 2.24) is 4.90 Å². The van der Waals surface area contributed by atoms with E-state index < -0.39 is 24.4 Å². The van der Waals surface area contributed by atoms with E-state index in [1.54, 1.807) is 0 Å². The molecule has 1 rings (SSSR count). The summed E-state index contributed by atoms with van der Waals surface area (Å²) in [6.07, 6.45) is 0.460. The topological polar surface area (TPSA) is 77.8 Å². The standard InChI is InChI=1S/C8H13NO4/c10-6-2-1-3-9(5-6)7(11)4-8(12)13/h6,10H,1-5H2,(H,12,13). The Bertz CT molecular complexity index is 216. The van der Waals surface area contributed by atoms with E-state index in [1.165, 1.54) is 4.90 Å². The van der Waals surface area contributed by atoms with Gasteiger partial charge in [-0.1, -0.05) is 0 Å². The number of aliphatic hydroxyl groups excluding tert-OH is 1. The van der Waals surface area contributed by atoms with E-state index in [9.17, 15) is 14.7 Å². The van der Waals surface area contributed by atoms with Crippen LogP contribution in [0.2, 0.25) is 0 Å². The van der Waals surface area contributed by atoms with Crippen LogP contribution in [0.5, 0.6) is 0 Å². The average molecular weight is 187 g/mol. The Labute approximate surface area is 76.0 Å². The van der Waals surface area contributed by atoms with Gasteiger partial charge in [-0.15, -0.1) is 0 Å². The fraction of sp³-hybridized carbons (Fsp3) is 0.750. The first kappa shape index (κ1) is 9.98. The van der Waals surface area contributed by atoms with E-state index in [0.29, 0.717) is 13.0 Å². The number of rotatable bonds is 2. The van der Waals surface area contributed by atoms with Crippen molar-refractivity contribution in [3.05, 3.63) is 0 Å². The molecule has 1 fully saturated rings. The largest absolute Gasteiger partial charge is 0.481 e. The highest BCUT2D eigenvalue weighted by molar-refractivity contribution is 5.93. The van der Waals surface area contributed by atoms with Crippen LogP contribution in [0, 0.1) is 0 Å². The lowest BCUT2D eigenvalue weighted by Gasteiger charge is -2.29. The second-order valence-electron chi connectivity index (χ2n) is 3.21. The van der Waals surface area contributed by atoms with Crippen molar-refractivity contribution in [2.24, 2.45) is 0 Å². The van der Waals surface area contributed by atoms with Crippen molar-refractivity contribution < 1.29 is 19.8 Å². The van der Waals surface area contributed by atoms with Crippen LogP contribution in [0.15, 0.2) is 0 Å². The molecule has 0 aromatic rings. The molecule has 0 spiro atoms. The van der Waals surface area contributed by atoms with Gasteiger partial charge in [-0.25, -0.2) is 0 Å². The van der Waals surface area contributed by atoms with Crippen molar-refractivity contribution in [2.75, 3.05) is 13.1 Å². The summed E-state index contributed by atoms with van der Waals surface area (Å²) in [5.74, 6) is -1.53. The highest BCUT2D eigenvalue weighted by Crippen LogP contribution is 2.10. The zero-order valence-electron chi connectivity index (χ0n) is 7.27. The van der Waals surface area contributed by atoms with Crippen molar-refractivity contribution >= 4 is 11.9 Å². The summed E-state index contributed by atoms with van der Waals surface area (Å²) in [6, 6.07) is 0. The predicted octanol–water partition coefficient (Wildman–Crippen LogP) is -0.556. The highest BCUT2D eigenvalue weighted by atomic mass is 16.4. The Morgan fingerprint density at radius 1 is 1.46 bits per heavy atom. The number of aliphatic carboxylic acids is 1. The fourth-order valence-electron chi connectivity index (χ4n) is 1.42. The third kappa shape index (κ3) is 3.02. The van der Waals surface area contributed by atoms with Gasteiger partial charge in [0.1, 0.15) is 6.42 Å². The average Bonchev–Trinajstić information content (AvgIpc) is 2.03. The molecule has 1 saturated heterocycles. The van der Waals surface area contributed by atoms with Crippen molar-refractivity contribution in [2.45, 2.75) is 25.4 Å². The molecule has 13 heavy (non-hydrogen) atoms. The van der Waals surface area contributed by atoms with Gasteiger partial charge in [0.15, 0.2) is 0 Å². The number of carboxylic acid groups (broad SMARTS) is 1. The van der Waals surface area contributed by atoms with E-state index in [-0.39, 0.29) is 6.54 Å². The van der Waals surface area contributed by atoms with Crippen molar-refractivity contribution in [1.29, 1.82) is 0 Å². The smallest absolute Gasteiger partial charge is 0.312 e. The summed E-state index contributed by atoms with van der Waals surface area (Å²) in [7, 11) is 0. The summed E-state index contributed by atoms with van der Waals surface area (Å²) in [5.41, 5.74) is 0. The molecule has 1 aliphatic heterocycles. The Hall–Kier alpha value is -1.10. The SMILES string of the molecule is O=C(O)CC(=O)N1CCCC(O)C1. The summed E-state index contributed by atoms with van der Waals surface area (Å²) in [4.78, 5) is 22.8.